The normalized spacial score (nSPS) is 14.8. The lowest BCUT2D eigenvalue weighted by molar-refractivity contribution is -0.140. The summed E-state index contributed by atoms with van der Waals surface area (Å²) in [6.07, 6.45) is 0.467. The van der Waals surface area contributed by atoms with Gasteiger partial charge in [-0.1, -0.05) is 48.5 Å². The van der Waals surface area contributed by atoms with Gasteiger partial charge in [-0.05, 0) is 62.8 Å². The van der Waals surface area contributed by atoms with Gasteiger partial charge in [0, 0.05) is 30.9 Å². The van der Waals surface area contributed by atoms with E-state index in [0.29, 0.717) is 23.5 Å². The van der Waals surface area contributed by atoms with Crippen molar-refractivity contribution < 1.29 is 18.0 Å². The quantitative estimate of drug-likeness (QED) is 0.466. The second-order valence-electron chi connectivity index (χ2n) is 9.60. The zero-order valence-electron chi connectivity index (χ0n) is 21.2. The van der Waals surface area contributed by atoms with E-state index in [0.717, 1.165) is 21.9 Å². The summed E-state index contributed by atoms with van der Waals surface area (Å²) in [5, 5.41) is 4.50. The fourth-order valence-electron chi connectivity index (χ4n) is 4.68. The fourth-order valence-corrected chi connectivity index (χ4v) is 6.42. The molecule has 3 aromatic rings. The third-order valence-corrected chi connectivity index (χ3v) is 8.49. The molecule has 0 fully saturated rings. The fraction of sp³-hybridized carbons (Fsp3) is 0.357. The van der Waals surface area contributed by atoms with Gasteiger partial charge in [-0.3, -0.25) is 13.9 Å². The molecule has 0 bridgehead atoms. The predicted octanol–water partition coefficient (Wildman–Crippen LogP) is 4.38. The van der Waals surface area contributed by atoms with Crippen LogP contribution in [0.15, 0.2) is 65.6 Å². The minimum Gasteiger partial charge on any atom is -0.352 e. The number of carbonyl (C=O) groups excluding carboxylic acids is 2. The summed E-state index contributed by atoms with van der Waals surface area (Å²) in [6.45, 7) is 7.97. The van der Waals surface area contributed by atoms with Crippen molar-refractivity contribution in [2.45, 2.75) is 64.1 Å². The number of benzene rings is 3. The van der Waals surface area contributed by atoms with E-state index in [1.165, 1.54) is 4.31 Å². The summed E-state index contributed by atoms with van der Waals surface area (Å²) in [5.74, 6) is -0.395. The standard InChI is InChI=1S/C28H33N3O4S/c1-19(2)29-28(33)21(4)30(18-23-11-6-5-10-20(23)3)26(32)16-9-17-31-24-14-7-12-22-13-8-15-25(27(22)24)36(31,34)35/h5-8,10-15,19,21H,9,16-18H2,1-4H3,(H,29,33)/t21-/m0/s1. The third-order valence-electron chi connectivity index (χ3n) is 6.63. The summed E-state index contributed by atoms with van der Waals surface area (Å²) >= 11 is 0. The average molecular weight is 508 g/mol. The monoisotopic (exact) mass is 507 g/mol. The lowest BCUT2D eigenvalue weighted by Crippen LogP contribution is -2.49. The molecule has 190 valence electrons. The molecular formula is C28H33N3O4S. The van der Waals surface area contributed by atoms with Crippen LogP contribution in [-0.2, 0) is 26.2 Å². The summed E-state index contributed by atoms with van der Waals surface area (Å²) in [4.78, 5) is 28.1. The van der Waals surface area contributed by atoms with E-state index in [9.17, 15) is 18.0 Å². The number of rotatable bonds is 9. The summed E-state index contributed by atoms with van der Waals surface area (Å²) in [6, 6.07) is 17.9. The zero-order chi connectivity index (χ0) is 26.0. The number of amides is 2. The Morgan fingerprint density at radius 1 is 0.972 bits per heavy atom. The first kappa shape index (κ1) is 25.7. The Labute approximate surface area is 213 Å². The molecular weight excluding hydrogens is 474 g/mol. The van der Waals surface area contributed by atoms with Crippen LogP contribution in [0.4, 0.5) is 5.69 Å². The van der Waals surface area contributed by atoms with Gasteiger partial charge in [0.2, 0.25) is 11.8 Å². The van der Waals surface area contributed by atoms with E-state index < -0.39 is 16.1 Å². The number of hydrogen-bond donors (Lipinski definition) is 1. The molecule has 0 unspecified atom stereocenters. The van der Waals surface area contributed by atoms with E-state index in [-0.39, 0.29) is 30.8 Å². The molecule has 1 heterocycles. The summed E-state index contributed by atoms with van der Waals surface area (Å²) < 4.78 is 27.9. The Morgan fingerprint density at radius 3 is 2.36 bits per heavy atom. The number of sulfonamides is 1. The van der Waals surface area contributed by atoms with Crippen LogP contribution in [0.1, 0.15) is 44.7 Å². The molecule has 3 aromatic carbocycles. The van der Waals surface area contributed by atoms with Gasteiger partial charge in [-0.2, -0.15) is 0 Å². The van der Waals surface area contributed by atoms with Gasteiger partial charge in [0.25, 0.3) is 10.0 Å². The van der Waals surface area contributed by atoms with Crippen LogP contribution in [0.2, 0.25) is 0 Å². The van der Waals surface area contributed by atoms with Crippen LogP contribution in [0.25, 0.3) is 10.8 Å². The van der Waals surface area contributed by atoms with E-state index in [4.69, 9.17) is 0 Å². The minimum atomic E-state index is -3.67. The van der Waals surface area contributed by atoms with Crippen molar-refractivity contribution in [3.05, 3.63) is 71.8 Å². The Morgan fingerprint density at radius 2 is 1.67 bits per heavy atom. The number of anilines is 1. The molecule has 8 heteroatoms. The van der Waals surface area contributed by atoms with Gasteiger partial charge in [0.1, 0.15) is 6.04 Å². The second kappa shape index (κ2) is 10.3. The molecule has 1 N–H and O–H groups in total. The molecule has 1 aliphatic rings. The predicted molar refractivity (Wildman–Crippen MR) is 142 cm³/mol. The van der Waals surface area contributed by atoms with Crippen molar-refractivity contribution in [3.63, 3.8) is 0 Å². The van der Waals surface area contributed by atoms with Crippen molar-refractivity contribution in [2.75, 3.05) is 10.8 Å². The third kappa shape index (κ3) is 4.95. The molecule has 0 spiro atoms. The highest BCUT2D eigenvalue weighted by Crippen LogP contribution is 2.42. The van der Waals surface area contributed by atoms with Gasteiger partial charge in [-0.25, -0.2) is 8.42 Å². The molecule has 0 aliphatic carbocycles. The van der Waals surface area contributed by atoms with Gasteiger partial charge in [-0.15, -0.1) is 0 Å². The first-order chi connectivity index (χ1) is 17.1. The lowest BCUT2D eigenvalue weighted by Gasteiger charge is -2.30. The topological polar surface area (TPSA) is 86.8 Å². The minimum absolute atomic E-state index is 0.0416. The number of aryl methyl sites for hydroxylation is 1. The molecule has 1 atom stereocenters. The van der Waals surface area contributed by atoms with Gasteiger partial charge < -0.3 is 10.2 Å². The number of nitrogens with zero attached hydrogens (tertiary/aromatic N) is 2. The average Bonchev–Trinajstić information content (AvgIpc) is 3.05. The summed E-state index contributed by atoms with van der Waals surface area (Å²) in [5.41, 5.74) is 2.66. The highest BCUT2D eigenvalue weighted by molar-refractivity contribution is 7.93. The molecule has 2 amide bonds. The highest BCUT2D eigenvalue weighted by atomic mass is 32.2. The van der Waals surface area contributed by atoms with Crippen LogP contribution in [0.3, 0.4) is 0 Å². The molecule has 0 saturated heterocycles. The summed E-state index contributed by atoms with van der Waals surface area (Å²) in [7, 11) is -3.67. The van der Waals surface area contributed by atoms with Crippen molar-refractivity contribution in [1.82, 2.24) is 10.2 Å². The first-order valence-electron chi connectivity index (χ1n) is 12.3. The van der Waals surface area contributed by atoms with Crippen LogP contribution in [0, 0.1) is 6.92 Å². The van der Waals surface area contributed by atoms with E-state index in [1.807, 2.05) is 63.2 Å². The number of hydrogen-bond acceptors (Lipinski definition) is 4. The number of carbonyl (C=O) groups is 2. The second-order valence-corrected chi connectivity index (χ2v) is 11.4. The van der Waals surface area contributed by atoms with Crippen LogP contribution >= 0.6 is 0 Å². The highest BCUT2D eigenvalue weighted by Gasteiger charge is 2.35. The molecule has 0 aromatic heterocycles. The van der Waals surface area contributed by atoms with Gasteiger partial charge in [0.15, 0.2) is 0 Å². The maximum atomic E-state index is 13.4. The van der Waals surface area contributed by atoms with E-state index >= 15 is 0 Å². The Hall–Kier alpha value is -3.39. The van der Waals surface area contributed by atoms with Crippen LogP contribution in [-0.4, -0.2) is 43.8 Å². The Balaban J connectivity index is 1.51. The van der Waals surface area contributed by atoms with Crippen molar-refractivity contribution in [3.8, 4) is 0 Å². The van der Waals surface area contributed by atoms with Gasteiger partial charge in [0.05, 0.1) is 10.6 Å². The molecule has 1 aliphatic heterocycles. The first-order valence-corrected chi connectivity index (χ1v) is 13.7. The molecule has 4 rings (SSSR count). The number of nitrogens with one attached hydrogen (secondary N) is 1. The maximum Gasteiger partial charge on any atom is 0.265 e. The molecule has 0 saturated carbocycles. The largest absolute Gasteiger partial charge is 0.352 e. The van der Waals surface area contributed by atoms with Crippen LogP contribution in [0.5, 0.6) is 0 Å². The lowest BCUT2D eigenvalue weighted by atomic mass is 10.1. The van der Waals surface area contributed by atoms with Crippen molar-refractivity contribution in [1.29, 1.82) is 0 Å². The Bertz CT molecular complexity index is 1400. The maximum absolute atomic E-state index is 13.4. The van der Waals surface area contributed by atoms with E-state index in [1.54, 1.807) is 30.0 Å². The van der Waals surface area contributed by atoms with Crippen LogP contribution < -0.4 is 9.62 Å². The Kier molecular flexibility index (Phi) is 7.36. The molecule has 0 radical (unpaired) electrons. The van der Waals surface area contributed by atoms with Gasteiger partial charge >= 0.3 is 0 Å². The smallest absolute Gasteiger partial charge is 0.265 e. The zero-order valence-corrected chi connectivity index (χ0v) is 22.0. The van der Waals surface area contributed by atoms with Crippen molar-refractivity contribution in [2.24, 2.45) is 0 Å². The SMILES string of the molecule is Cc1ccccc1CN(C(=O)CCCN1c2cccc3cccc(c23)S1(=O)=O)[C@@H](C)C(=O)NC(C)C. The van der Waals surface area contributed by atoms with E-state index in [2.05, 4.69) is 5.32 Å². The van der Waals surface area contributed by atoms with Crippen molar-refractivity contribution >= 4 is 38.3 Å². The molecule has 36 heavy (non-hydrogen) atoms. The molecule has 7 nitrogen and oxygen atoms in total.